The molecule has 7 heteroatoms. The van der Waals surface area contributed by atoms with Crippen molar-refractivity contribution >= 4 is 22.4 Å². The number of hydrogen-bond donors (Lipinski definition) is 2. The van der Waals surface area contributed by atoms with Gasteiger partial charge < -0.3 is 10.2 Å². The van der Waals surface area contributed by atoms with Crippen molar-refractivity contribution < 1.29 is 4.79 Å². The maximum atomic E-state index is 13.1. The number of aromatic amines is 1. The van der Waals surface area contributed by atoms with Gasteiger partial charge >= 0.3 is 0 Å². The molecule has 0 aliphatic carbocycles. The lowest BCUT2D eigenvalue weighted by atomic mass is 9.90. The van der Waals surface area contributed by atoms with Crippen molar-refractivity contribution in [1.29, 1.82) is 0 Å². The standard InChI is InChI=1S/C20H23N5OS/c1-13-18(27-20(21-2)23-13)19(26)25-10-6-9-15(12-25)17-16(11-22-24-17)14-7-4-3-5-8-14/h3-5,7-8,11,15H,6,9-10,12H2,1-2H3,(H,21,23)(H,22,24)/t15-/m1/s1. The van der Waals surface area contributed by atoms with Crippen LogP contribution in [0.5, 0.6) is 0 Å². The van der Waals surface area contributed by atoms with Crippen LogP contribution >= 0.6 is 11.3 Å². The second-order valence-electron chi connectivity index (χ2n) is 6.84. The fourth-order valence-corrected chi connectivity index (χ4v) is 4.59. The van der Waals surface area contributed by atoms with Gasteiger partial charge in [-0.25, -0.2) is 4.98 Å². The molecule has 0 spiro atoms. The van der Waals surface area contributed by atoms with E-state index < -0.39 is 0 Å². The number of aryl methyl sites for hydroxylation is 1. The number of aromatic nitrogens is 3. The Bertz CT molecular complexity index is 933. The molecule has 0 radical (unpaired) electrons. The quantitative estimate of drug-likeness (QED) is 0.719. The van der Waals surface area contributed by atoms with E-state index in [0.717, 1.165) is 51.9 Å². The smallest absolute Gasteiger partial charge is 0.265 e. The van der Waals surface area contributed by atoms with Crippen molar-refractivity contribution in [2.45, 2.75) is 25.7 Å². The van der Waals surface area contributed by atoms with Crippen LogP contribution in [0.1, 0.15) is 39.8 Å². The first-order chi connectivity index (χ1) is 13.2. The number of amides is 1. The van der Waals surface area contributed by atoms with Crippen LogP contribution in [0.15, 0.2) is 36.5 Å². The molecule has 0 bridgehead atoms. The van der Waals surface area contributed by atoms with Crippen molar-refractivity contribution in [3.8, 4) is 11.1 Å². The molecule has 1 fully saturated rings. The van der Waals surface area contributed by atoms with Gasteiger partial charge in [0.2, 0.25) is 0 Å². The van der Waals surface area contributed by atoms with Gasteiger partial charge in [0, 0.05) is 37.3 Å². The number of carbonyl (C=O) groups excluding carboxylic acids is 1. The largest absolute Gasteiger partial charge is 0.365 e. The van der Waals surface area contributed by atoms with Crippen LogP contribution in [-0.4, -0.2) is 46.1 Å². The van der Waals surface area contributed by atoms with Gasteiger partial charge in [-0.3, -0.25) is 9.89 Å². The van der Waals surface area contributed by atoms with Crippen molar-refractivity contribution in [1.82, 2.24) is 20.1 Å². The molecule has 0 unspecified atom stereocenters. The number of nitrogens with one attached hydrogen (secondary N) is 2. The first-order valence-corrected chi connectivity index (χ1v) is 10.0. The van der Waals surface area contributed by atoms with Crippen molar-refractivity contribution in [3.05, 3.63) is 52.8 Å². The van der Waals surface area contributed by atoms with E-state index in [2.05, 4.69) is 32.6 Å². The number of anilines is 1. The molecule has 27 heavy (non-hydrogen) atoms. The highest BCUT2D eigenvalue weighted by atomic mass is 32.1. The predicted octanol–water partition coefficient (Wildman–Crippen LogP) is 3.90. The van der Waals surface area contributed by atoms with Crippen LogP contribution < -0.4 is 5.32 Å². The molecule has 3 heterocycles. The second kappa shape index (κ2) is 7.52. The molecular formula is C20H23N5OS. The zero-order valence-corrected chi connectivity index (χ0v) is 16.3. The minimum absolute atomic E-state index is 0.0805. The Hall–Kier alpha value is -2.67. The SMILES string of the molecule is CNc1nc(C)c(C(=O)N2CCC[C@@H](c3[nH]ncc3-c3ccccc3)C2)s1. The number of hydrogen-bond acceptors (Lipinski definition) is 5. The Morgan fingerprint density at radius 1 is 1.33 bits per heavy atom. The van der Waals surface area contributed by atoms with Gasteiger partial charge in [0.15, 0.2) is 5.13 Å². The summed E-state index contributed by atoms with van der Waals surface area (Å²) in [6, 6.07) is 10.3. The maximum Gasteiger partial charge on any atom is 0.265 e. The maximum absolute atomic E-state index is 13.1. The van der Waals surface area contributed by atoms with Crippen molar-refractivity contribution in [3.63, 3.8) is 0 Å². The van der Waals surface area contributed by atoms with Gasteiger partial charge in [-0.2, -0.15) is 5.10 Å². The second-order valence-corrected chi connectivity index (χ2v) is 7.84. The van der Waals surface area contributed by atoms with E-state index in [9.17, 15) is 4.79 Å². The Labute approximate surface area is 162 Å². The van der Waals surface area contributed by atoms with Crippen LogP contribution in [0.3, 0.4) is 0 Å². The Morgan fingerprint density at radius 2 is 2.15 bits per heavy atom. The molecule has 3 aromatic rings. The van der Waals surface area contributed by atoms with Gasteiger partial charge in [-0.05, 0) is 25.3 Å². The number of thiazole rings is 1. The van der Waals surface area contributed by atoms with E-state index in [1.807, 2.05) is 43.3 Å². The average molecular weight is 382 g/mol. The van der Waals surface area contributed by atoms with E-state index in [1.54, 1.807) is 0 Å². The first kappa shape index (κ1) is 17.7. The van der Waals surface area contributed by atoms with Crippen LogP contribution in [0.2, 0.25) is 0 Å². The molecule has 1 aromatic carbocycles. The van der Waals surface area contributed by atoms with Crippen molar-refractivity contribution in [2.24, 2.45) is 0 Å². The van der Waals surface area contributed by atoms with Crippen LogP contribution in [0, 0.1) is 6.92 Å². The number of benzene rings is 1. The summed E-state index contributed by atoms with van der Waals surface area (Å²) in [6.45, 7) is 3.39. The molecule has 2 aromatic heterocycles. The molecule has 0 saturated carbocycles. The molecule has 1 saturated heterocycles. The van der Waals surface area contributed by atoms with E-state index in [0.29, 0.717) is 6.54 Å². The first-order valence-electron chi connectivity index (χ1n) is 9.20. The molecule has 1 amide bonds. The van der Waals surface area contributed by atoms with E-state index in [-0.39, 0.29) is 11.8 Å². The summed E-state index contributed by atoms with van der Waals surface area (Å²) in [6.07, 6.45) is 3.92. The van der Waals surface area contributed by atoms with Crippen LogP contribution in [-0.2, 0) is 0 Å². The Morgan fingerprint density at radius 3 is 2.89 bits per heavy atom. The van der Waals surface area contributed by atoms with Gasteiger partial charge in [0.1, 0.15) is 4.88 Å². The zero-order valence-electron chi connectivity index (χ0n) is 15.5. The third-order valence-electron chi connectivity index (χ3n) is 5.08. The zero-order chi connectivity index (χ0) is 18.8. The minimum atomic E-state index is 0.0805. The molecule has 6 nitrogen and oxygen atoms in total. The summed E-state index contributed by atoms with van der Waals surface area (Å²) in [5.74, 6) is 0.342. The number of carbonyl (C=O) groups is 1. The number of nitrogens with zero attached hydrogens (tertiary/aromatic N) is 3. The highest BCUT2D eigenvalue weighted by Crippen LogP contribution is 2.34. The molecule has 1 aliphatic rings. The molecular weight excluding hydrogens is 358 g/mol. The molecule has 140 valence electrons. The molecule has 1 atom stereocenters. The lowest BCUT2D eigenvalue weighted by molar-refractivity contribution is 0.0710. The molecule has 2 N–H and O–H groups in total. The Balaban J connectivity index is 1.56. The van der Waals surface area contributed by atoms with Gasteiger partial charge in [-0.1, -0.05) is 41.7 Å². The number of H-pyrrole nitrogens is 1. The lowest BCUT2D eigenvalue weighted by Crippen LogP contribution is -2.39. The Kier molecular flexibility index (Phi) is 4.94. The fourth-order valence-electron chi connectivity index (χ4n) is 3.70. The average Bonchev–Trinajstić information content (AvgIpc) is 3.35. The number of likely N-dealkylation sites (tertiary alicyclic amines) is 1. The lowest BCUT2D eigenvalue weighted by Gasteiger charge is -2.32. The number of piperidine rings is 1. The molecule has 4 rings (SSSR count). The normalized spacial score (nSPS) is 17.1. The predicted molar refractivity (Wildman–Crippen MR) is 108 cm³/mol. The third-order valence-corrected chi connectivity index (χ3v) is 6.24. The van der Waals surface area contributed by atoms with E-state index in [1.165, 1.54) is 11.3 Å². The number of rotatable bonds is 4. The monoisotopic (exact) mass is 381 g/mol. The topological polar surface area (TPSA) is 73.9 Å². The summed E-state index contributed by atoms with van der Waals surface area (Å²) in [5.41, 5.74) is 4.20. The van der Waals surface area contributed by atoms with Gasteiger partial charge in [-0.15, -0.1) is 0 Å². The fraction of sp³-hybridized carbons (Fsp3) is 0.350. The van der Waals surface area contributed by atoms with E-state index >= 15 is 0 Å². The highest BCUT2D eigenvalue weighted by Gasteiger charge is 2.30. The summed E-state index contributed by atoms with van der Waals surface area (Å²) in [5, 5.41) is 11.3. The summed E-state index contributed by atoms with van der Waals surface area (Å²) in [7, 11) is 1.83. The molecule has 1 aliphatic heterocycles. The van der Waals surface area contributed by atoms with Gasteiger partial charge in [0.25, 0.3) is 5.91 Å². The third kappa shape index (κ3) is 3.47. The summed E-state index contributed by atoms with van der Waals surface area (Å²) < 4.78 is 0. The van der Waals surface area contributed by atoms with Crippen molar-refractivity contribution in [2.75, 3.05) is 25.5 Å². The van der Waals surface area contributed by atoms with Gasteiger partial charge in [0.05, 0.1) is 11.9 Å². The summed E-state index contributed by atoms with van der Waals surface area (Å²) >= 11 is 1.43. The highest BCUT2D eigenvalue weighted by molar-refractivity contribution is 7.17. The minimum Gasteiger partial charge on any atom is -0.365 e. The summed E-state index contributed by atoms with van der Waals surface area (Å²) in [4.78, 5) is 20.2. The van der Waals surface area contributed by atoms with Crippen LogP contribution in [0.4, 0.5) is 5.13 Å². The van der Waals surface area contributed by atoms with E-state index in [4.69, 9.17) is 0 Å². The van der Waals surface area contributed by atoms with Crippen LogP contribution in [0.25, 0.3) is 11.1 Å².